The lowest BCUT2D eigenvalue weighted by Crippen LogP contribution is -2.52. The summed E-state index contributed by atoms with van der Waals surface area (Å²) in [6, 6.07) is -1.41. The molecule has 48 heavy (non-hydrogen) atoms. The number of aliphatic hydroxyl groups is 1. The van der Waals surface area contributed by atoms with Crippen LogP contribution in [0.1, 0.15) is 67.2 Å². The minimum atomic E-state index is -3.86. The molecule has 14 heteroatoms. The summed E-state index contributed by atoms with van der Waals surface area (Å²) in [5.74, 6) is -2.87. The predicted molar refractivity (Wildman–Crippen MR) is 182 cm³/mol. The number of nitrogens with zero attached hydrogens (tertiary/aromatic N) is 3. The Bertz CT molecular complexity index is 1410. The number of carbonyl (C=O) groups excluding carboxylic acids is 4. The van der Waals surface area contributed by atoms with Gasteiger partial charge in [-0.15, -0.1) is 0 Å². The number of cyclic esters (lactones) is 1. The fraction of sp³-hybridized carbons (Fsp3) is 0.676. The Morgan fingerprint density at radius 3 is 2.52 bits per heavy atom. The molecule has 3 heterocycles. The van der Waals surface area contributed by atoms with Crippen LogP contribution in [0.15, 0.2) is 40.8 Å². The number of hydrogen-bond acceptors (Lipinski definition) is 11. The Labute approximate surface area is 284 Å². The largest absolute Gasteiger partial charge is 0.471 e. The van der Waals surface area contributed by atoms with Gasteiger partial charge in [-0.05, 0) is 44.7 Å². The SMILES string of the molecule is CCN(CC)CCS(=O)(=O)[C@@H]1CCN2C(=O)C3=N/C(=C\C(=O)C[C@@H](O)/C=C(C)/C=C/CNC(=O)CC[C@H](C)[C@H](C(C)C)OC(=O)[C@@H]12)OC3. The molecule has 0 radical (unpaired) electrons. The van der Waals surface area contributed by atoms with E-state index in [1.165, 1.54) is 11.0 Å². The molecule has 0 unspecified atom stereocenters. The second-order valence-corrected chi connectivity index (χ2v) is 15.3. The van der Waals surface area contributed by atoms with E-state index in [2.05, 4.69) is 10.3 Å². The van der Waals surface area contributed by atoms with Crippen molar-refractivity contribution in [3.05, 3.63) is 35.8 Å². The molecule has 2 amide bonds. The van der Waals surface area contributed by atoms with Crippen LogP contribution in [0, 0.1) is 11.8 Å². The lowest BCUT2D eigenvalue weighted by Gasteiger charge is -2.32. The van der Waals surface area contributed by atoms with Gasteiger partial charge in [-0.3, -0.25) is 14.4 Å². The molecule has 0 spiro atoms. The van der Waals surface area contributed by atoms with Crippen molar-refractivity contribution in [2.75, 3.05) is 45.1 Å². The second kappa shape index (κ2) is 17.9. The fourth-order valence-corrected chi connectivity index (χ4v) is 8.18. The Morgan fingerprint density at radius 1 is 1.15 bits per heavy atom. The van der Waals surface area contributed by atoms with Gasteiger partial charge in [-0.1, -0.05) is 58.4 Å². The highest BCUT2D eigenvalue weighted by atomic mass is 32.2. The summed E-state index contributed by atoms with van der Waals surface area (Å²) in [7, 11) is -3.86. The first-order chi connectivity index (χ1) is 22.7. The molecular weight excluding hydrogens is 640 g/mol. The summed E-state index contributed by atoms with van der Waals surface area (Å²) in [6.07, 6.45) is 4.72. The van der Waals surface area contributed by atoms with E-state index in [1.807, 2.05) is 39.5 Å². The Kier molecular flexibility index (Phi) is 14.5. The van der Waals surface area contributed by atoms with Gasteiger partial charge in [0, 0.05) is 38.6 Å². The standard InChI is InChI=1S/C34H52N4O9S/c1-7-37(8-2)16-17-48(44,45)28-13-15-38-31(28)34(43)47-32(22(3)4)24(6)11-12-29(41)35-14-9-10-23(5)18-25(39)19-26(40)20-30-36-27(21-46-30)33(38)42/h9-10,18,20,22,24-25,28,31-32,39H,7-8,11-17,19,21H2,1-6H3,(H,35,41)/b10-9+,23-18+,30-20+/t24-,25-,28+,31+,32-/m0/s1. The van der Waals surface area contributed by atoms with E-state index in [9.17, 15) is 32.7 Å². The van der Waals surface area contributed by atoms with Crippen molar-refractivity contribution >= 4 is 39.1 Å². The highest BCUT2D eigenvalue weighted by molar-refractivity contribution is 7.92. The van der Waals surface area contributed by atoms with Crippen molar-refractivity contribution in [1.29, 1.82) is 0 Å². The molecule has 3 rings (SSSR count). The van der Waals surface area contributed by atoms with Crippen LogP contribution < -0.4 is 5.32 Å². The van der Waals surface area contributed by atoms with Gasteiger partial charge in [-0.2, -0.15) is 0 Å². The van der Waals surface area contributed by atoms with Crippen LogP contribution in [-0.2, 0) is 38.5 Å². The van der Waals surface area contributed by atoms with Gasteiger partial charge in [0.05, 0.1) is 17.1 Å². The topological polar surface area (TPSA) is 172 Å². The van der Waals surface area contributed by atoms with Gasteiger partial charge in [0.1, 0.15) is 24.5 Å². The van der Waals surface area contributed by atoms with Gasteiger partial charge in [0.25, 0.3) is 5.91 Å². The first-order valence-electron chi connectivity index (χ1n) is 16.9. The molecule has 0 saturated carbocycles. The Balaban J connectivity index is 1.98. The number of amides is 2. The average Bonchev–Trinajstić information content (AvgIpc) is 3.68. The minimum Gasteiger partial charge on any atom is -0.471 e. The number of aliphatic hydroxyl groups excluding tert-OH is 1. The Morgan fingerprint density at radius 2 is 1.85 bits per heavy atom. The monoisotopic (exact) mass is 692 g/mol. The number of allylic oxidation sites excluding steroid dienone is 3. The zero-order chi connectivity index (χ0) is 35.6. The highest BCUT2D eigenvalue weighted by Crippen LogP contribution is 2.30. The normalized spacial score (nSPS) is 30.1. The third-order valence-electron chi connectivity index (χ3n) is 8.99. The lowest BCUT2D eigenvalue weighted by molar-refractivity contribution is -0.161. The summed E-state index contributed by atoms with van der Waals surface area (Å²) in [5, 5.41) is 12.0. The van der Waals surface area contributed by atoms with Crippen LogP contribution in [0.3, 0.4) is 0 Å². The molecule has 0 aliphatic carbocycles. The number of nitrogens with one attached hydrogen (secondary N) is 1. The molecule has 1 fully saturated rings. The number of rotatable bonds is 7. The maximum atomic E-state index is 14.0. The Hall–Kier alpha value is -3.36. The third-order valence-corrected chi connectivity index (χ3v) is 11.2. The van der Waals surface area contributed by atoms with E-state index in [4.69, 9.17) is 9.47 Å². The molecule has 0 aromatic rings. The smallest absolute Gasteiger partial charge is 0.330 e. The first-order valence-corrected chi connectivity index (χ1v) is 18.6. The summed E-state index contributed by atoms with van der Waals surface area (Å²) in [5.41, 5.74) is 0.620. The number of sulfone groups is 1. The van der Waals surface area contributed by atoms with Crippen LogP contribution in [0.4, 0.5) is 0 Å². The first kappa shape index (κ1) is 39.1. The van der Waals surface area contributed by atoms with Crippen molar-refractivity contribution in [3.63, 3.8) is 0 Å². The third kappa shape index (κ3) is 10.8. The summed E-state index contributed by atoms with van der Waals surface area (Å²) in [4.78, 5) is 60.4. The fourth-order valence-electron chi connectivity index (χ4n) is 6.25. The van der Waals surface area contributed by atoms with Gasteiger partial charge in [-0.25, -0.2) is 18.2 Å². The molecule has 5 atom stereocenters. The number of esters is 1. The van der Waals surface area contributed by atoms with Crippen molar-refractivity contribution in [2.45, 2.75) is 90.7 Å². The van der Waals surface area contributed by atoms with E-state index in [1.54, 1.807) is 19.1 Å². The average molecular weight is 693 g/mol. The van der Waals surface area contributed by atoms with Crippen LogP contribution in [0.2, 0.25) is 0 Å². The van der Waals surface area contributed by atoms with E-state index in [-0.39, 0.29) is 80.6 Å². The molecule has 3 aliphatic heterocycles. The molecule has 0 aromatic heterocycles. The number of hydrogen-bond donors (Lipinski definition) is 2. The predicted octanol–water partition coefficient (Wildman–Crippen LogP) is 1.96. The maximum Gasteiger partial charge on any atom is 0.330 e. The van der Waals surface area contributed by atoms with Crippen molar-refractivity contribution in [2.24, 2.45) is 16.8 Å². The molecular formula is C34H52N4O9S. The van der Waals surface area contributed by atoms with E-state index < -0.39 is 51.0 Å². The molecule has 268 valence electrons. The maximum absolute atomic E-state index is 14.0. The number of aliphatic imine (C=N–C) groups is 1. The van der Waals surface area contributed by atoms with E-state index in [0.717, 1.165) is 6.08 Å². The zero-order valence-electron chi connectivity index (χ0n) is 29.0. The number of ketones is 1. The molecule has 2 N–H and O–H groups in total. The number of ether oxygens (including phenoxy) is 2. The van der Waals surface area contributed by atoms with Gasteiger partial charge >= 0.3 is 5.97 Å². The van der Waals surface area contributed by atoms with Crippen LogP contribution in [0.5, 0.6) is 0 Å². The van der Waals surface area contributed by atoms with Gasteiger partial charge in [0.15, 0.2) is 15.6 Å². The van der Waals surface area contributed by atoms with E-state index >= 15 is 0 Å². The van der Waals surface area contributed by atoms with Crippen molar-refractivity contribution in [3.8, 4) is 0 Å². The quantitative estimate of drug-likeness (QED) is 0.376. The number of fused-ring (bicyclic) bond motifs is 2. The summed E-state index contributed by atoms with van der Waals surface area (Å²) in [6.45, 7) is 12.9. The summed E-state index contributed by atoms with van der Waals surface area (Å²) >= 11 is 0. The van der Waals surface area contributed by atoms with E-state index in [0.29, 0.717) is 25.1 Å². The highest BCUT2D eigenvalue weighted by Gasteiger charge is 2.50. The molecule has 3 aliphatic rings. The minimum absolute atomic E-state index is 0.0151. The molecule has 2 bridgehead atoms. The molecule has 13 nitrogen and oxygen atoms in total. The van der Waals surface area contributed by atoms with Crippen LogP contribution in [0.25, 0.3) is 0 Å². The van der Waals surface area contributed by atoms with Crippen LogP contribution in [-0.4, -0.2) is 121 Å². The second-order valence-electron chi connectivity index (χ2n) is 13.0. The van der Waals surface area contributed by atoms with Crippen molar-refractivity contribution < 1.29 is 42.2 Å². The number of carbonyl (C=O) groups is 4. The van der Waals surface area contributed by atoms with Crippen molar-refractivity contribution in [1.82, 2.24) is 15.1 Å². The zero-order valence-corrected chi connectivity index (χ0v) is 29.8. The van der Waals surface area contributed by atoms with Gasteiger partial charge in [0.2, 0.25) is 11.8 Å². The lowest BCUT2D eigenvalue weighted by atomic mass is 9.90. The summed E-state index contributed by atoms with van der Waals surface area (Å²) < 4.78 is 39.0. The molecule has 1 saturated heterocycles. The molecule has 0 aromatic carbocycles. The van der Waals surface area contributed by atoms with Gasteiger partial charge < -0.3 is 29.7 Å². The van der Waals surface area contributed by atoms with Crippen LogP contribution >= 0.6 is 0 Å².